The van der Waals surface area contributed by atoms with Gasteiger partial charge >= 0.3 is 0 Å². The number of non-ortho nitro benzene ring substituents is 1. The molecule has 0 unspecified atom stereocenters. The van der Waals surface area contributed by atoms with Gasteiger partial charge in [0.15, 0.2) is 5.82 Å². The van der Waals surface area contributed by atoms with Crippen LogP contribution >= 0.6 is 11.8 Å². The Hall–Kier alpha value is -3.40. The molecule has 4 rings (SSSR count). The molecule has 10 heteroatoms. The van der Waals surface area contributed by atoms with Crippen molar-refractivity contribution in [3.05, 3.63) is 70.0 Å². The minimum absolute atomic E-state index is 0.0290. The maximum absolute atomic E-state index is 11.0. The van der Waals surface area contributed by atoms with E-state index in [-0.39, 0.29) is 12.3 Å². The molecule has 2 heterocycles. The molecule has 1 aliphatic heterocycles. The zero-order valence-electron chi connectivity index (χ0n) is 14.8. The Morgan fingerprint density at radius 3 is 2.82 bits per heavy atom. The summed E-state index contributed by atoms with van der Waals surface area (Å²) in [5, 5.41) is 24.5. The molecule has 3 aromatic rings. The molecule has 0 atom stereocenters. The Balaban J connectivity index is 1.57. The quantitative estimate of drug-likeness (QED) is 0.465. The number of hydrogen-bond donors (Lipinski definition) is 0. The van der Waals surface area contributed by atoms with Crippen molar-refractivity contribution >= 4 is 23.2 Å². The molecule has 142 valence electrons. The summed E-state index contributed by atoms with van der Waals surface area (Å²) in [6.45, 7) is 0.173. The third-order valence-corrected chi connectivity index (χ3v) is 4.97. The highest BCUT2D eigenvalue weighted by molar-refractivity contribution is 7.99. The fraction of sp³-hybridized carbons (Fsp3) is 0.167. The number of hydrogen-bond acceptors (Lipinski definition) is 8. The maximum atomic E-state index is 11.0. The second-order valence-corrected chi connectivity index (χ2v) is 6.76. The van der Waals surface area contributed by atoms with Gasteiger partial charge in [-0.1, -0.05) is 30.0 Å². The second kappa shape index (κ2) is 7.69. The summed E-state index contributed by atoms with van der Waals surface area (Å²) >= 11 is 1.47. The first kappa shape index (κ1) is 18.0. The van der Waals surface area contributed by atoms with E-state index in [0.29, 0.717) is 39.5 Å². The van der Waals surface area contributed by atoms with Crippen LogP contribution < -0.4 is 9.47 Å². The number of nitro groups is 1. The third-order valence-electron chi connectivity index (χ3n) is 4.03. The molecule has 0 saturated heterocycles. The van der Waals surface area contributed by atoms with Crippen LogP contribution in [0.25, 0.3) is 0 Å². The van der Waals surface area contributed by atoms with Crippen LogP contribution in [0.2, 0.25) is 0 Å². The van der Waals surface area contributed by atoms with Gasteiger partial charge in [0.2, 0.25) is 5.16 Å². The van der Waals surface area contributed by atoms with E-state index < -0.39 is 4.92 Å². The first-order valence-corrected chi connectivity index (χ1v) is 9.29. The Kier molecular flexibility index (Phi) is 4.94. The van der Waals surface area contributed by atoms with Crippen molar-refractivity contribution in [2.24, 2.45) is 5.10 Å². The van der Waals surface area contributed by atoms with Crippen molar-refractivity contribution in [3.63, 3.8) is 0 Å². The van der Waals surface area contributed by atoms with E-state index in [9.17, 15) is 10.1 Å². The summed E-state index contributed by atoms with van der Waals surface area (Å²) in [7, 11) is 1.59. The van der Waals surface area contributed by atoms with Gasteiger partial charge < -0.3 is 9.47 Å². The van der Waals surface area contributed by atoms with Crippen LogP contribution in [0.4, 0.5) is 5.69 Å². The van der Waals surface area contributed by atoms with Crippen LogP contribution in [0.3, 0.4) is 0 Å². The molecular formula is C18H15N5O4S. The summed E-state index contributed by atoms with van der Waals surface area (Å²) in [4.78, 5) is 10.6. The topological polar surface area (TPSA) is 105 Å². The number of aromatic nitrogens is 3. The highest BCUT2D eigenvalue weighted by Gasteiger charge is 2.21. The van der Waals surface area contributed by atoms with Crippen molar-refractivity contribution in [1.82, 2.24) is 14.9 Å². The molecule has 0 saturated carbocycles. The number of nitro benzene ring substituents is 1. The second-order valence-electron chi connectivity index (χ2n) is 5.82. The molecule has 0 spiro atoms. The summed E-state index contributed by atoms with van der Waals surface area (Å²) in [6, 6.07) is 13.7. The predicted octanol–water partition coefficient (Wildman–Crippen LogP) is 3.13. The van der Waals surface area contributed by atoms with Crippen LogP contribution in [0.15, 0.2) is 58.8 Å². The van der Waals surface area contributed by atoms with Gasteiger partial charge in [0.25, 0.3) is 5.69 Å². The van der Waals surface area contributed by atoms with E-state index >= 15 is 0 Å². The number of thioether (sulfide) groups is 1. The van der Waals surface area contributed by atoms with E-state index in [4.69, 9.17) is 9.47 Å². The molecule has 28 heavy (non-hydrogen) atoms. The molecule has 2 aromatic carbocycles. The van der Waals surface area contributed by atoms with Crippen molar-refractivity contribution in [2.45, 2.75) is 11.8 Å². The highest BCUT2D eigenvalue weighted by Crippen LogP contribution is 2.26. The Morgan fingerprint density at radius 2 is 2.00 bits per heavy atom. The van der Waals surface area contributed by atoms with Gasteiger partial charge in [-0.2, -0.15) is 9.78 Å². The summed E-state index contributed by atoms with van der Waals surface area (Å²) in [5.41, 5.74) is 1.44. The van der Waals surface area contributed by atoms with E-state index in [2.05, 4.69) is 15.3 Å². The highest BCUT2D eigenvalue weighted by atomic mass is 32.2. The van der Waals surface area contributed by atoms with E-state index in [1.54, 1.807) is 30.0 Å². The summed E-state index contributed by atoms with van der Waals surface area (Å²) in [6.07, 6.45) is 0. The molecule has 1 aliphatic rings. The van der Waals surface area contributed by atoms with E-state index in [0.717, 1.165) is 0 Å². The minimum Gasteiger partial charge on any atom is -0.497 e. The Morgan fingerprint density at radius 1 is 1.18 bits per heavy atom. The SMILES string of the molecule is COc1cccc(OCc2nnc3n2N=C(c2cccc([N+](=O)[O-])c2)CS3)c1. The van der Waals surface area contributed by atoms with Crippen LogP contribution in [0, 0.1) is 10.1 Å². The normalized spacial score (nSPS) is 12.8. The lowest BCUT2D eigenvalue weighted by molar-refractivity contribution is -0.384. The van der Waals surface area contributed by atoms with Gasteiger partial charge in [-0.25, -0.2) is 0 Å². The number of ether oxygens (including phenoxy) is 2. The number of nitrogens with zero attached hydrogens (tertiary/aromatic N) is 5. The fourth-order valence-corrected chi connectivity index (χ4v) is 3.49. The van der Waals surface area contributed by atoms with Gasteiger partial charge in [0.1, 0.15) is 18.1 Å². The average Bonchev–Trinajstić information content (AvgIpc) is 3.14. The van der Waals surface area contributed by atoms with Crippen molar-refractivity contribution in [2.75, 3.05) is 12.9 Å². The van der Waals surface area contributed by atoms with Crippen LogP contribution in [0.5, 0.6) is 11.5 Å². The number of benzene rings is 2. The van der Waals surface area contributed by atoms with Crippen molar-refractivity contribution < 1.29 is 14.4 Å². The van der Waals surface area contributed by atoms with E-state index in [1.807, 2.05) is 18.2 Å². The Labute approximate surface area is 164 Å². The molecule has 0 fully saturated rings. The predicted molar refractivity (Wildman–Crippen MR) is 103 cm³/mol. The summed E-state index contributed by atoms with van der Waals surface area (Å²) < 4.78 is 12.6. The monoisotopic (exact) mass is 397 g/mol. The lowest BCUT2D eigenvalue weighted by Crippen LogP contribution is -2.15. The fourth-order valence-electron chi connectivity index (χ4n) is 2.64. The van der Waals surface area contributed by atoms with Gasteiger partial charge in [-0.15, -0.1) is 10.2 Å². The van der Waals surface area contributed by atoms with Gasteiger partial charge in [-0.05, 0) is 12.1 Å². The molecule has 1 aromatic heterocycles. The lowest BCUT2D eigenvalue weighted by atomic mass is 10.1. The van der Waals surface area contributed by atoms with Gasteiger partial charge in [0, 0.05) is 29.5 Å². The molecule has 0 aliphatic carbocycles. The molecule has 9 nitrogen and oxygen atoms in total. The zero-order chi connectivity index (χ0) is 19.5. The lowest BCUT2D eigenvalue weighted by Gasteiger charge is -2.14. The van der Waals surface area contributed by atoms with Crippen LogP contribution in [-0.2, 0) is 6.61 Å². The van der Waals surface area contributed by atoms with Gasteiger partial charge in [-0.3, -0.25) is 10.1 Å². The molecule has 0 N–H and O–H groups in total. The average molecular weight is 397 g/mol. The molecule has 0 bridgehead atoms. The third kappa shape index (κ3) is 3.67. The van der Waals surface area contributed by atoms with Gasteiger partial charge in [0.05, 0.1) is 17.7 Å². The number of methoxy groups -OCH3 is 1. The number of rotatable bonds is 6. The smallest absolute Gasteiger partial charge is 0.270 e. The first-order valence-electron chi connectivity index (χ1n) is 8.30. The largest absolute Gasteiger partial charge is 0.497 e. The van der Waals surface area contributed by atoms with Crippen molar-refractivity contribution in [1.29, 1.82) is 0 Å². The summed E-state index contributed by atoms with van der Waals surface area (Å²) in [5.74, 6) is 2.43. The zero-order valence-corrected chi connectivity index (χ0v) is 15.6. The molecular weight excluding hydrogens is 382 g/mol. The first-order chi connectivity index (χ1) is 13.6. The Bertz CT molecular complexity index is 1070. The van der Waals surface area contributed by atoms with Crippen molar-refractivity contribution in [3.8, 4) is 11.5 Å². The standard InChI is InChI=1S/C18H15N5O4S/c1-26-14-6-3-7-15(9-14)27-10-17-19-20-18-22(17)21-16(11-28-18)12-4-2-5-13(8-12)23(24)25/h2-9H,10-11H2,1H3. The van der Waals surface area contributed by atoms with Crippen LogP contribution in [0.1, 0.15) is 11.4 Å². The number of fused-ring (bicyclic) bond motifs is 1. The van der Waals surface area contributed by atoms with E-state index in [1.165, 1.54) is 23.9 Å². The maximum Gasteiger partial charge on any atom is 0.270 e. The van der Waals surface area contributed by atoms with Crippen LogP contribution in [-0.4, -0.2) is 38.4 Å². The molecule has 0 amide bonds. The molecule has 0 radical (unpaired) electrons. The minimum atomic E-state index is -0.419.